The van der Waals surface area contributed by atoms with Crippen molar-refractivity contribution in [2.75, 3.05) is 25.6 Å². The zero-order valence-corrected chi connectivity index (χ0v) is 24.7. The molecule has 3 aromatic rings. The maximum absolute atomic E-state index is 13.1. The molecule has 220 valence electrons. The molecule has 0 atom stereocenters. The van der Waals surface area contributed by atoms with Gasteiger partial charge >= 0.3 is 6.18 Å². The number of hydrogen-bond donors (Lipinski definition) is 1. The molecule has 1 saturated heterocycles. The maximum Gasteiger partial charge on any atom is 0.416 e. The number of methoxy groups -OCH3 is 1. The number of hydrogen-bond acceptors (Lipinski definition) is 7. The van der Waals surface area contributed by atoms with E-state index in [-0.39, 0.29) is 16.3 Å². The third kappa shape index (κ3) is 7.65. The van der Waals surface area contributed by atoms with Gasteiger partial charge in [-0.05, 0) is 78.4 Å². The lowest BCUT2D eigenvalue weighted by molar-refractivity contribution is -0.137. The van der Waals surface area contributed by atoms with E-state index in [0.717, 1.165) is 22.2 Å². The average molecular weight is 665 g/mol. The Labute approximate surface area is 251 Å². The van der Waals surface area contributed by atoms with E-state index in [1.165, 1.54) is 13.2 Å². The largest absolute Gasteiger partial charge is 0.495 e. The number of carbonyl (C=O) groups is 3. The number of nitrogens with zero attached hydrogens (tertiary/aromatic N) is 1. The fraction of sp³-hybridized carbons (Fsp3) is 0.207. The molecule has 4 rings (SSSR count). The van der Waals surface area contributed by atoms with E-state index in [2.05, 4.69) is 21.2 Å². The molecule has 42 heavy (non-hydrogen) atoms. The van der Waals surface area contributed by atoms with E-state index < -0.39 is 35.3 Å². The summed E-state index contributed by atoms with van der Waals surface area (Å²) >= 11 is 4.03. The maximum atomic E-state index is 13.1. The zero-order valence-electron chi connectivity index (χ0n) is 22.3. The van der Waals surface area contributed by atoms with Gasteiger partial charge in [0.05, 0.1) is 29.9 Å². The molecule has 0 spiro atoms. The summed E-state index contributed by atoms with van der Waals surface area (Å²) in [6, 6.07) is 15.3. The number of ether oxygens (including phenoxy) is 3. The molecular weight excluding hydrogens is 641 g/mol. The van der Waals surface area contributed by atoms with Crippen molar-refractivity contribution in [1.82, 2.24) is 4.90 Å². The molecule has 1 heterocycles. The van der Waals surface area contributed by atoms with E-state index in [1.54, 1.807) is 18.2 Å². The summed E-state index contributed by atoms with van der Waals surface area (Å²) in [5.74, 6) is -0.671. The van der Waals surface area contributed by atoms with Gasteiger partial charge in [-0.25, -0.2) is 0 Å². The van der Waals surface area contributed by atoms with Gasteiger partial charge in [0, 0.05) is 4.47 Å². The molecule has 0 aliphatic carbocycles. The summed E-state index contributed by atoms with van der Waals surface area (Å²) in [4.78, 5) is 39.0. The van der Waals surface area contributed by atoms with Crippen LogP contribution >= 0.6 is 27.7 Å². The standard InChI is InChI=1S/C29H24BrF3N2O6S/c1-3-40-24-12-18(6-10-23(24)41-16-17-4-8-20(30)9-5-17)13-25-27(37)35(28(38)42-25)15-26(36)34-21-14-19(29(31,32)33)7-11-22(21)39-2/h4-14H,3,15-16H2,1-2H3,(H,34,36)/b25-13-. The third-order valence-electron chi connectivity index (χ3n) is 5.85. The first-order chi connectivity index (χ1) is 20.0. The van der Waals surface area contributed by atoms with Crippen LogP contribution in [-0.2, 0) is 22.4 Å². The lowest BCUT2D eigenvalue weighted by Crippen LogP contribution is -2.36. The van der Waals surface area contributed by atoms with Crippen molar-refractivity contribution in [2.24, 2.45) is 0 Å². The molecule has 0 aromatic heterocycles. The van der Waals surface area contributed by atoms with Gasteiger partial charge in [-0.2, -0.15) is 13.2 Å². The van der Waals surface area contributed by atoms with Crippen LogP contribution in [-0.4, -0.2) is 42.2 Å². The fourth-order valence-corrected chi connectivity index (χ4v) is 4.95. The molecule has 0 radical (unpaired) electrons. The van der Waals surface area contributed by atoms with Crippen LogP contribution in [0.1, 0.15) is 23.6 Å². The van der Waals surface area contributed by atoms with Crippen LogP contribution in [0, 0.1) is 0 Å². The van der Waals surface area contributed by atoms with Crippen molar-refractivity contribution in [3.05, 3.63) is 86.7 Å². The highest BCUT2D eigenvalue weighted by atomic mass is 79.9. The van der Waals surface area contributed by atoms with Gasteiger partial charge in [0.1, 0.15) is 18.9 Å². The monoisotopic (exact) mass is 664 g/mol. The van der Waals surface area contributed by atoms with Crippen molar-refractivity contribution in [3.8, 4) is 17.2 Å². The topological polar surface area (TPSA) is 94.2 Å². The summed E-state index contributed by atoms with van der Waals surface area (Å²) in [6.45, 7) is 1.78. The highest BCUT2D eigenvalue weighted by molar-refractivity contribution is 9.10. The molecule has 8 nitrogen and oxygen atoms in total. The van der Waals surface area contributed by atoms with E-state index in [4.69, 9.17) is 14.2 Å². The molecule has 1 N–H and O–H groups in total. The van der Waals surface area contributed by atoms with Crippen LogP contribution in [0.4, 0.5) is 23.7 Å². The Hall–Kier alpha value is -3.97. The van der Waals surface area contributed by atoms with Gasteiger partial charge in [0.25, 0.3) is 11.1 Å². The van der Waals surface area contributed by atoms with Crippen LogP contribution in [0.15, 0.2) is 70.0 Å². The Kier molecular flexibility index (Phi) is 9.84. The van der Waals surface area contributed by atoms with Crippen molar-refractivity contribution in [3.63, 3.8) is 0 Å². The van der Waals surface area contributed by atoms with Crippen molar-refractivity contribution < 1.29 is 41.8 Å². The van der Waals surface area contributed by atoms with Crippen molar-refractivity contribution in [1.29, 1.82) is 0 Å². The van der Waals surface area contributed by atoms with Gasteiger partial charge in [0.15, 0.2) is 11.5 Å². The summed E-state index contributed by atoms with van der Waals surface area (Å²) in [7, 11) is 1.23. The Morgan fingerprint density at radius 2 is 1.71 bits per heavy atom. The summed E-state index contributed by atoms with van der Waals surface area (Å²) in [5, 5.41) is 1.59. The Morgan fingerprint density at radius 3 is 2.38 bits per heavy atom. The lowest BCUT2D eigenvalue weighted by atomic mass is 10.1. The van der Waals surface area contributed by atoms with E-state index in [0.29, 0.717) is 53.0 Å². The Bertz CT molecular complexity index is 1530. The van der Waals surface area contributed by atoms with Crippen LogP contribution in [0.5, 0.6) is 17.2 Å². The predicted octanol–water partition coefficient (Wildman–Crippen LogP) is 7.13. The summed E-state index contributed by atoms with van der Waals surface area (Å²) in [5.41, 5.74) is 0.265. The molecule has 1 aliphatic rings. The number of amides is 3. The minimum absolute atomic E-state index is 0.0141. The number of carbonyl (C=O) groups excluding carboxylic acids is 3. The lowest BCUT2D eigenvalue weighted by Gasteiger charge is -2.16. The second-order valence-corrected chi connectivity index (χ2v) is 10.7. The highest BCUT2D eigenvalue weighted by Gasteiger charge is 2.37. The van der Waals surface area contributed by atoms with Crippen molar-refractivity contribution in [2.45, 2.75) is 19.7 Å². The molecule has 0 unspecified atom stereocenters. The second kappa shape index (κ2) is 13.3. The highest BCUT2D eigenvalue weighted by Crippen LogP contribution is 2.37. The first kappa shape index (κ1) is 31.0. The van der Waals surface area contributed by atoms with Gasteiger partial charge < -0.3 is 19.5 Å². The quantitative estimate of drug-likeness (QED) is 0.231. The number of anilines is 1. The predicted molar refractivity (Wildman–Crippen MR) is 155 cm³/mol. The van der Waals surface area contributed by atoms with E-state index in [1.807, 2.05) is 31.2 Å². The molecule has 3 aromatic carbocycles. The van der Waals surface area contributed by atoms with Gasteiger partial charge in [-0.3, -0.25) is 19.3 Å². The third-order valence-corrected chi connectivity index (χ3v) is 7.29. The zero-order chi connectivity index (χ0) is 30.4. The average Bonchev–Trinajstić information content (AvgIpc) is 3.20. The smallest absolute Gasteiger partial charge is 0.416 e. The molecule has 13 heteroatoms. The normalized spacial score (nSPS) is 14.3. The molecular formula is C29H24BrF3N2O6S. The van der Waals surface area contributed by atoms with Crippen molar-refractivity contribution >= 4 is 56.5 Å². The number of benzene rings is 3. The van der Waals surface area contributed by atoms with Crippen LogP contribution in [0.3, 0.4) is 0 Å². The minimum atomic E-state index is -4.64. The van der Waals surface area contributed by atoms with E-state index >= 15 is 0 Å². The fourth-order valence-electron chi connectivity index (χ4n) is 3.85. The number of thioether (sulfide) groups is 1. The van der Waals surface area contributed by atoms with Crippen LogP contribution < -0.4 is 19.5 Å². The first-order valence-corrected chi connectivity index (χ1v) is 14.0. The number of nitrogens with one attached hydrogen (secondary N) is 1. The van der Waals surface area contributed by atoms with Crippen LogP contribution in [0.2, 0.25) is 0 Å². The Balaban J connectivity index is 1.46. The minimum Gasteiger partial charge on any atom is -0.495 e. The van der Waals surface area contributed by atoms with E-state index in [9.17, 15) is 27.6 Å². The van der Waals surface area contributed by atoms with Gasteiger partial charge in [-0.1, -0.05) is 34.1 Å². The van der Waals surface area contributed by atoms with Crippen LogP contribution in [0.25, 0.3) is 6.08 Å². The van der Waals surface area contributed by atoms with Gasteiger partial charge in [0.2, 0.25) is 5.91 Å². The molecule has 0 saturated carbocycles. The number of rotatable bonds is 10. The number of alkyl halides is 3. The summed E-state index contributed by atoms with van der Waals surface area (Å²) < 4.78 is 57.0. The summed E-state index contributed by atoms with van der Waals surface area (Å²) in [6.07, 6.45) is -3.16. The molecule has 3 amide bonds. The second-order valence-electron chi connectivity index (χ2n) is 8.78. The van der Waals surface area contributed by atoms with Gasteiger partial charge in [-0.15, -0.1) is 0 Å². The SMILES string of the molecule is CCOc1cc(/C=C2\SC(=O)N(CC(=O)Nc3cc(C(F)(F)F)ccc3OC)C2=O)ccc1OCc1ccc(Br)cc1. The first-order valence-electron chi connectivity index (χ1n) is 12.4. The molecule has 0 bridgehead atoms. The Morgan fingerprint density at radius 1 is 1.00 bits per heavy atom. The molecule has 1 fully saturated rings. The number of halogens is 4. The number of imide groups is 1. The molecule has 1 aliphatic heterocycles.